The minimum absolute atomic E-state index is 0.0893. The Hall–Kier alpha value is -2.36. The molecule has 1 spiro atoms. The van der Waals surface area contributed by atoms with Gasteiger partial charge in [-0.1, -0.05) is 17.7 Å². The van der Waals surface area contributed by atoms with E-state index < -0.39 is 0 Å². The van der Waals surface area contributed by atoms with Gasteiger partial charge < -0.3 is 9.80 Å². The summed E-state index contributed by atoms with van der Waals surface area (Å²) in [5.41, 5.74) is 2.70. The average molecular weight is 366 g/mol. The summed E-state index contributed by atoms with van der Waals surface area (Å²) in [5.74, 6) is -0.0910. The Morgan fingerprint density at radius 3 is 2.37 bits per heavy atom. The van der Waals surface area contributed by atoms with Crippen molar-refractivity contribution in [3.8, 4) is 0 Å². The summed E-state index contributed by atoms with van der Waals surface area (Å²) in [6.45, 7) is 8.07. The van der Waals surface area contributed by atoms with Crippen molar-refractivity contribution in [2.45, 2.75) is 51.1 Å². The molecule has 2 fully saturated rings. The molecule has 0 saturated carbocycles. The minimum atomic E-state index is -0.220. The normalized spacial score (nSPS) is 24.0. The third-order valence-corrected chi connectivity index (χ3v) is 6.22. The van der Waals surface area contributed by atoms with Crippen molar-refractivity contribution in [1.82, 2.24) is 4.90 Å². The zero-order valence-electron chi connectivity index (χ0n) is 16.3. The molecule has 2 heterocycles. The number of hydrogen-bond donors (Lipinski definition) is 0. The molecule has 0 N–H and O–H groups in total. The topological polar surface area (TPSA) is 23.6 Å². The molecular formula is C23H27FN2O. The molecule has 1 unspecified atom stereocenters. The lowest BCUT2D eigenvalue weighted by molar-refractivity contribution is 0.0617. The van der Waals surface area contributed by atoms with Crippen LogP contribution in [0, 0.1) is 12.7 Å². The lowest BCUT2D eigenvalue weighted by Crippen LogP contribution is -2.49. The molecular weight excluding hydrogens is 339 g/mol. The second kappa shape index (κ2) is 6.36. The Morgan fingerprint density at radius 1 is 1.04 bits per heavy atom. The largest absolute Gasteiger partial charge is 0.364 e. The second-order valence-corrected chi connectivity index (χ2v) is 8.70. The predicted octanol–water partition coefficient (Wildman–Crippen LogP) is 4.80. The highest BCUT2D eigenvalue weighted by molar-refractivity contribution is 5.95. The van der Waals surface area contributed by atoms with Gasteiger partial charge in [0, 0.05) is 29.9 Å². The minimum Gasteiger partial charge on any atom is -0.364 e. The lowest BCUT2D eigenvalue weighted by Gasteiger charge is -2.35. The smallest absolute Gasteiger partial charge is 0.254 e. The van der Waals surface area contributed by atoms with E-state index in [9.17, 15) is 9.18 Å². The number of halogens is 1. The fraction of sp³-hybridized carbons (Fsp3) is 0.435. The van der Waals surface area contributed by atoms with E-state index in [0.29, 0.717) is 0 Å². The van der Waals surface area contributed by atoms with Gasteiger partial charge in [0.05, 0.1) is 5.54 Å². The summed E-state index contributed by atoms with van der Waals surface area (Å²) in [4.78, 5) is 17.7. The number of nitrogens with zero attached hydrogens (tertiary/aromatic N) is 2. The Balaban J connectivity index is 1.64. The predicted molar refractivity (Wildman–Crippen MR) is 107 cm³/mol. The highest BCUT2D eigenvalue weighted by Gasteiger charge is 2.54. The van der Waals surface area contributed by atoms with E-state index in [1.807, 2.05) is 43.3 Å². The van der Waals surface area contributed by atoms with Gasteiger partial charge in [0.15, 0.2) is 0 Å². The number of rotatable bonds is 2. The van der Waals surface area contributed by atoms with Crippen LogP contribution < -0.4 is 4.90 Å². The van der Waals surface area contributed by atoms with Gasteiger partial charge in [-0.05, 0) is 76.4 Å². The van der Waals surface area contributed by atoms with E-state index in [2.05, 4.69) is 23.6 Å². The monoisotopic (exact) mass is 366 g/mol. The zero-order chi connectivity index (χ0) is 19.2. The van der Waals surface area contributed by atoms with Gasteiger partial charge in [-0.15, -0.1) is 0 Å². The number of aryl methyl sites for hydroxylation is 1. The standard InChI is InChI=1S/C23H27FN2O/c1-17-5-7-18(8-6-17)21(27)25-14-4-13-23(25)15-22(2,3)26(16-23)20-11-9-19(24)10-12-20/h5-12H,4,13-16H2,1-3H3. The van der Waals surface area contributed by atoms with Crippen LogP contribution in [0.15, 0.2) is 48.5 Å². The molecule has 0 bridgehead atoms. The van der Waals surface area contributed by atoms with E-state index in [4.69, 9.17) is 0 Å². The number of amides is 1. The summed E-state index contributed by atoms with van der Waals surface area (Å²) >= 11 is 0. The van der Waals surface area contributed by atoms with Crippen molar-refractivity contribution in [3.05, 3.63) is 65.5 Å². The maximum Gasteiger partial charge on any atom is 0.254 e. The third kappa shape index (κ3) is 3.11. The summed E-state index contributed by atoms with van der Waals surface area (Å²) in [6.07, 6.45) is 2.98. The second-order valence-electron chi connectivity index (χ2n) is 8.70. The molecule has 0 aromatic heterocycles. The van der Waals surface area contributed by atoms with Gasteiger partial charge >= 0.3 is 0 Å². The van der Waals surface area contributed by atoms with Crippen molar-refractivity contribution >= 4 is 11.6 Å². The van der Waals surface area contributed by atoms with Gasteiger partial charge in [-0.2, -0.15) is 0 Å². The van der Waals surface area contributed by atoms with Crippen LogP contribution in [0.5, 0.6) is 0 Å². The first kappa shape index (κ1) is 18.0. The molecule has 2 saturated heterocycles. The maximum absolute atomic E-state index is 13.4. The molecule has 2 aliphatic rings. The SMILES string of the molecule is Cc1ccc(C(=O)N2CCCC23CN(c2ccc(F)cc2)C(C)(C)C3)cc1. The molecule has 3 nitrogen and oxygen atoms in total. The number of anilines is 1. The molecule has 0 radical (unpaired) electrons. The number of hydrogen-bond acceptors (Lipinski definition) is 2. The Labute approximate surface area is 160 Å². The Bertz CT molecular complexity index is 844. The fourth-order valence-corrected chi connectivity index (χ4v) is 4.98. The summed E-state index contributed by atoms with van der Waals surface area (Å²) in [6, 6.07) is 14.6. The first-order valence-corrected chi connectivity index (χ1v) is 9.73. The summed E-state index contributed by atoms with van der Waals surface area (Å²) in [7, 11) is 0. The van der Waals surface area contributed by atoms with Crippen molar-refractivity contribution in [2.24, 2.45) is 0 Å². The quantitative estimate of drug-likeness (QED) is 0.762. The fourth-order valence-electron chi connectivity index (χ4n) is 4.98. The van der Waals surface area contributed by atoms with Gasteiger partial charge in [0.1, 0.15) is 5.82 Å². The first-order valence-electron chi connectivity index (χ1n) is 9.73. The van der Waals surface area contributed by atoms with E-state index in [1.165, 1.54) is 12.1 Å². The Kier molecular flexibility index (Phi) is 4.25. The van der Waals surface area contributed by atoms with Crippen LogP contribution in [-0.2, 0) is 0 Å². The molecule has 0 aliphatic carbocycles. The van der Waals surface area contributed by atoms with E-state index in [-0.39, 0.29) is 22.8 Å². The summed E-state index contributed by atoms with van der Waals surface area (Å²) in [5, 5.41) is 0. The molecule has 2 aliphatic heterocycles. The molecule has 2 aromatic carbocycles. The molecule has 4 rings (SSSR count). The lowest BCUT2D eigenvalue weighted by atomic mass is 9.87. The van der Waals surface area contributed by atoms with Crippen molar-refractivity contribution < 1.29 is 9.18 Å². The van der Waals surface area contributed by atoms with Crippen molar-refractivity contribution in [1.29, 1.82) is 0 Å². The number of carbonyl (C=O) groups is 1. The van der Waals surface area contributed by atoms with Crippen LogP contribution in [0.25, 0.3) is 0 Å². The molecule has 142 valence electrons. The highest BCUT2D eigenvalue weighted by Crippen LogP contribution is 2.47. The van der Waals surface area contributed by atoms with E-state index in [0.717, 1.165) is 49.2 Å². The van der Waals surface area contributed by atoms with E-state index >= 15 is 0 Å². The molecule has 4 heteroatoms. The zero-order valence-corrected chi connectivity index (χ0v) is 16.3. The summed E-state index contributed by atoms with van der Waals surface area (Å²) < 4.78 is 13.4. The van der Waals surface area contributed by atoms with Crippen LogP contribution in [0.2, 0.25) is 0 Å². The van der Waals surface area contributed by atoms with Crippen LogP contribution >= 0.6 is 0 Å². The molecule has 2 aromatic rings. The van der Waals surface area contributed by atoms with Gasteiger partial charge in [-0.3, -0.25) is 4.79 Å². The van der Waals surface area contributed by atoms with Crippen LogP contribution in [-0.4, -0.2) is 35.0 Å². The van der Waals surface area contributed by atoms with Crippen molar-refractivity contribution in [3.63, 3.8) is 0 Å². The number of likely N-dealkylation sites (tertiary alicyclic amines) is 1. The van der Waals surface area contributed by atoms with Crippen LogP contribution in [0.1, 0.15) is 49.0 Å². The maximum atomic E-state index is 13.4. The van der Waals surface area contributed by atoms with Gasteiger partial charge in [0.25, 0.3) is 5.91 Å². The highest BCUT2D eigenvalue weighted by atomic mass is 19.1. The van der Waals surface area contributed by atoms with E-state index in [1.54, 1.807) is 0 Å². The number of benzene rings is 2. The molecule has 27 heavy (non-hydrogen) atoms. The van der Waals surface area contributed by atoms with Crippen molar-refractivity contribution in [2.75, 3.05) is 18.0 Å². The average Bonchev–Trinajstić information content (AvgIpc) is 3.15. The van der Waals surface area contributed by atoms with Crippen LogP contribution in [0.3, 0.4) is 0 Å². The Morgan fingerprint density at radius 2 is 1.70 bits per heavy atom. The number of carbonyl (C=O) groups excluding carboxylic acids is 1. The molecule has 1 atom stereocenters. The van der Waals surface area contributed by atoms with Crippen LogP contribution in [0.4, 0.5) is 10.1 Å². The molecule has 1 amide bonds. The van der Waals surface area contributed by atoms with Gasteiger partial charge in [-0.25, -0.2) is 4.39 Å². The van der Waals surface area contributed by atoms with Gasteiger partial charge in [0.2, 0.25) is 0 Å². The third-order valence-electron chi connectivity index (χ3n) is 6.22. The first-order chi connectivity index (χ1) is 12.8.